The molecule has 0 saturated carbocycles. The summed E-state index contributed by atoms with van der Waals surface area (Å²) in [6.45, 7) is 1.20. The molecular formula is C15H16N2O2S2. The van der Waals surface area contributed by atoms with Crippen molar-refractivity contribution >= 4 is 34.5 Å². The van der Waals surface area contributed by atoms with E-state index in [0.29, 0.717) is 18.0 Å². The highest BCUT2D eigenvalue weighted by atomic mass is 32.1. The van der Waals surface area contributed by atoms with Crippen LogP contribution in [0.3, 0.4) is 0 Å². The maximum absolute atomic E-state index is 12.4. The molecule has 1 fully saturated rings. The average Bonchev–Trinajstić information content (AvgIpc) is 3.26. The number of nitrogens with zero attached hydrogens (tertiary/aromatic N) is 1. The number of thiophene rings is 2. The second-order valence-corrected chi connectivity index (χ2v) is 6.91. The Morgan fingerprint density at radius 2 is 2.05 bits per heavy atom. The van der Waals surface area contributed by atoms with Gasteiger partial charge in [-0.2, -0.15) is 0 Å². The second-order valence-electron chi connectivity index (χ2n) is 4.93. The van der Waals surface area contributed by atoms with Crippen LogP contribution in [0.5, 0.6) is 0 Å². The summed E-state index contributed by atoms with van der Waals surface area (Å²) in [4.78, 5) is 28.3. The zero-order chi connectivity index (χ0) is 14.7. The predicted molar refractivity (Wildman–Crippen MR) is 84.5 cm³/mol. The standard InChI is InChI=1S/C15H16N2O2S2/c18-14(16-10-11-4-2-8-20-11)12-5-1-7-17(12)15(19)13-6-3-9-21-13/h2-4,6,8-9,12H,1,5,7,10H2,(H,16,18). The number of likely N-dealkylation sites (tertiary alicyclic amines) is 1. The fraction of sp³-hybridized carbons (Fsp3) is 0.333. The molecular weight excluding hydrogens is 304 g/mol. The molecule has 2 amide bonds. The highest BCUT2D eigenvalue weighted by Gasteiger charge is 2.34. The Hall–Kier alpha value is -1.66. The first kappa shape index (κ1) is 14.3. The van der Waals surface area contributed by atoms with Gasteiger partial charge in [0, 0.05) is 11.4 Å². The third-order valence-corrected chi connectivity index (χ3v) is 5.30. The topological polar surface area (TPSA) is 49.4 Å². The largest absolute Gasteiger partial charge is 0.349 e. The van der Waals surface area contributed by atoms with Gasteiger partial charge in [-0.1, -0.05) is 12.1 Å². The monoisotopic (exact) mass is 320 g/mol. The summed E-state index contributed by atoms with van der Waals surface area (Å²) in [6, 6.07) is 7.30. The molecule has 0 aliphatic carbocycles. The molecule has 1 aliphatic rings. The van der Waals surface area contributed by atoms with Crippen LogP contribution in [0.25, 0.3) is 0 Å². The number of rotatable bonds is 4. The van der Waals surface area contributed by atoms with Gasteiger partial charge in [0.1, 0.15) is 6.04 Å². The van der Waals surface area contributed by atoms with Crippen LogP contribution in [0.2, 0.25) is 0 Å². The molecule has 21 heavy (non-hydrogen) atoms. The van der Waals surface area contributed by atoms with Crippen LogP contribution < -0.4 is 5.32 Å². The van der Waals surface area contributed by atoms with Gasteiger partial charge in [0.2, 0.25) is 5.91 Å². The third-order valence-electron chi connectivity index (χ3n) is 3.57. The van der Waals surface area contributed by atoms with Gasteiger partial charge in [-0.15, -0.1) is 22.7 Å². The van der Waals surface area contributed by atoms with Crippen molar-refractivity contribution in [3.8, 4) is 0 Å². The Morgan fingerprint density at radius 1 is 1.24 bits per heavy atom. The van der Waals surface area contributed by atoms with Crippen LogP contribution in [0.4, 0.5) is 0 Å². The van der Waals surface area contributed by atoms with Crippen LogP contribution in [0.1, 0.15) is 27.4 Å². The van der Waals surface area contributed by atoms with Crippen LogP contribution in [0.15, 0.2) is 35.0 Å². The van der Waals surface area contributed by atoms with E-state index < -0.39 is 0 Å². The molecule has 0 radical (unpaired) electrons. The van der Waals surface area contributed by atoms with Crippen molar-refractivity contribution in [1.82, 2.24) is 10.2 Å². The third kappa shape index (κ3) is 3.16. The maximum Gasteiger partial charge on any atom is 0.264 e. The molecule has 0 aromatic carbocycles. The number of nitrogens with one attached hydrogen (secondary N) is 1. The SMILES string of the molecule is O=C(NCc1cccs1)C1CCCN1C(=O)c1cccs1. The number of carbonyl (C=O) groups is 2. The minimum absolute atomic E-state index is 0.0289. The normalized spacial score (nSPS) is 17.9. The minimum atomic E-state index is -0.334. The summed E-state index contributed by atoms with van der Waals surface area (Å²) in [6.07, 6.45) is 1.63. The van der Waals surface area contributed by atoms with Crippen molar-refractivity contribution < 1.29 is 9.59 Å². The van der Waals surface area contributed by atoms with Crippen LogP contribution in [-0.2, 0) is 11.3 Å². The highest BCUT2D eigenvalue weighted by Crippen LogP contribution is 2.22. The lowest BCUT2D eigenvalue weighted by Gasteiger charge is -2.23. The van der Waals surface area contributed by atoms with Gasteiger partial charge in [0.15, 0.2) is 0 Å². The number of carbonyl (C=O) groups excluding carboxylic acids is 2. The summed E-state index contributed by atoms with van der Waals surface area (Å²) in [5.41, 5.74) is 0. The molecule has 4 nitrogen and oxygen atoms in total. The highest BCUT2D eigenvalue weighted by molar-refractivity contribution is 7.12. The van der Waals surface area contributed by atoms with Crippen molar-refractivity contribution in [1.29, 1.82) is 0 Å². The van der Waals surface area contributed by atoms with Gasteiger partial charge in [-0.05, 0) is 35.7 Å². The molecule has 1 N–H and O–H groups in total. The van der Waals surface area contributed by atoms with Crippen molar-refractivity contribution in [2.24, 2.45) is 0 Å². The van der Waals surface area contributed by atoms with E-state index >= 15 is 0 Å². The van der Waals surface area contributed by atoms with Gasteiger partial charge < -0.3 is 10.2 Å². The molecule has 0 spiro atoms. The Morgan fingerprint density at radius 3 is 2.76 bits per heavy atom. The van der Waals surface area contributed by atoms with E-state index in [9.17, 15) is 9.59 Å². The van der Waals surface area contributed by atoms with E-state index in [1.54, 1.807) is 16.2 Å². The summed E-state index contributed by atoms with van der Waals surface area (Å²) >= 11 is 3.04. The lowest BCUT2D eigenvalue weighted by molar-refractivity contribution is -0.125. The van der Waals surface area contributed by atoms with E-state index in [4.69, 9.17) is 0 Å². The molecule has 110 valence electrons. The molecule has 1 saturated heterocycles. The van der Waals surface area contributed by atoms with Crippen LogP contribution in [0, 0.1) is 0 Å². The van der Waals surface area contributed by atoms with Crippen molar-refractivity contribution in [2.75, 3.05) is 6.54 Å². The van der Waals surface area contributed by atoms with Crippen molar-refractivity contribution in [2.45, 2.75) is 25.4 Å². The summed E-state index contributed by atoms with van der Waals surface area (Å²) in [7, 11) is 0. The summed E-state index contributed by atoms with van der Waals surface area (Å²) < 4.78 is 0. The van der Waals surface area contributed by atoms with E-state index in [2.05, 4.69) is 5.32 Å². The van der Waals surface area contributed by atoms with Crippen LogP contribution in [-0.4, -0.2) is 29.3 Å². The minimum Gasteiger partial charge on any atom is -0.349 e. The Labute approximate surface area is 131 Å². The summed E-state index contributed by atoms with van der Waals surface area (Å²) in [5.74, 6) is -0.0791. The number of hydrogen-bond donors (Lipinski definition) is 1. The number of amides is 2. The molecule has 1 aliphatic heterocycles. The molecule has 0 bridgehead atoms. The molecule has 3 rings (SSSR count). The maximum atomic E-state index is 12.4. The molecule has 2 aromatic heterocycles. The molecule has 2 aromatic rings. The van der Waals surface area contributed by atoms with Gasteiger partial charge in [-0.3, -0.25) is 9.59 Å². The van der Waals surface area contributed by atoms with Gasteiger partial charge in [0.25, 0.3) is 5.91 Å². The molecule has 1 unspecified atom stereocenters. The smallest absolute Gasteiger partial charge is 0.264 e. The Bertz CT molecular complexity index is 608. The van der Waals surface area contributed by atoms with E-state index in [1.165, 1.54) is 11.3 Å². The van der Waals surface area contributed by atoms with Gasteiger partial charge in [-0.25, -0.2) is 0 Å². The van der Waals surface area contributed by atoms with E-state index in [-0.39, 0.29) is 17.9 Å². The van der Waals surface area contributed by atoms with E-state index in [1.807, 2.05) is 35.0 Å². The first-order valence-electron chi connectivity index (χ1n) is 6.90. The average molecular weight is 320 g/mol. The fourth-order valence-electron chi connectivity index (χ4n) is 2.53. The van der Waals surface area contributed by atoms with Crippen molar-refractivity contribution in [3.63, 3.8) is 0 Å². The first-order valence-corrected chi connectivity index (χ1v) is 8.66. The second kappa shape index (κ2) is 6.41. The summed E-state index contributed by atoms with van der Waals surface area (Å²) in [5, 5.41) is 6.81. The first-order chi connectivity index (χ1) is 10.3. The Kier molecular flexibility index (Phi) is 4.36. The zero-order valence-electron chi connectivity index (χ0n) is 11.5. The predicted octanol–water partition coefficient (Wildman–Crippen LogP) is 2.73. The lowest BCUT2D eigenvalue weighted by Crippen LogP contribution is -2.45. The molecule has 6 heteroatoms. The quantitative estimate of drug-likeness (QED) is 0.941. The fourth-order valence-corrected chi connectivity index (χ4v) is 3.85. The molecule has 1 atom stereocenters. The van der Waals surface area contributed by atoms with Gasteiger partial charge in [0.05, 0.1) is 11.4 Å². The number of hydrogen-bond acceptors (Lipinski definition) is 4. The zero-order valence-corrected chi connectivity index (χ0v) is 13.1. The lowest BCUT2D eigenvalue weighted by atomic mass is 10.2. The van der Waals surface area contributed by atoms with Gasteiger partial charge >= 0.3 is 0 Å². The molecule has 3 heterocycles. The Balaban J connectivity index is 1.63. The van der Waals surface area contributed by atoms with E-state index in [0.717, 1.165) is 17.7 Å². The van der Waals surface area contributed by atoms with Crippen molar-refractivity contribution in [3.05, 3.63) is 44.8 Å². The van der Waals surface area contributed by atoms with Crippen LogP contribution >= 0.6 is 22.7 Å².